The normalized spacial score (nSPS) is 10.9. The molecular formula is C24H29IN4O3. The van der Waals surface area contributed by atoms with Crippen LogP contribution in [0.25, 0.3) is 0 Å². The van der Waals surface area contributed by atoms with Crippen molar-refractivity contribution in [2.75, 3.05) is 18.5 Å². The van der Waals surface area contributed by atoms with Gasteiger partial charge in [-0.15, -0.1) is 24.0 Å². The first-order valence-electron chi connectivity index (χ1n) is 10.3. The Balaban J connectivity index is 0.00000363. The Bertz CT molecular complexity index is 1080. The molecule has 0 fully saturated rings. The number of benzene rings is 2. The maximum absolute atomic E-state index is 11.8. The summed E-state index contributed by atoms with van der Waals surface area (Å²) in [6.45, 7) is 5.94. The summed E-state index contributed by atoms with van der Waals surface area (Å²) in [5.74, 6) is 1.70. The minimum absolute atomic E-state index is 0. The van der Waals surface area contributed by atoms with Gasteiger partial charge in [-0.2, -0.15) is 0 Å². The molecular weight excluding hydrogens is 519 g/mol. The van der Waals surface area contributed by atoms with Gasteiger partial charge in [-0.3, -0.25) is 4.79 Å². The second kappa shape index (κ2) is 12.7. The molecule has 3 aromatic rings. The van der Waals surface area contributed by atoms with Crippen LogP contribution in [0.3, 0.4) is 0 Å². The van der Waals surface area contributed by atoms with E-state index in [-0.39, 0.29) is 35.5 Å². The second-order valence-electron chi connectivity index (χ2n) is 6.83. The van der Waals surface area contributed by atoms with Crippen molar-refractivity contribution in [3.8, 4) is 11.5 Å². The number of nitrogens with one attached hydrogen (secondary N) is 1. The van der Waals surface area contributed by atoms with E-state index in [0.29, 0.717) is 37.7 Å². The van der Waals surface area contributed by atoms with E-state index in [0.717, 1.165) is 16.9 Å². The van der Waals surface area contributed by atoms with Crippen LogP contribution in [-0.4, -0.2) is 23.7 Å². The van der Waals surface area contributed by atoms with Crippen molar-refractivity contribution in [3.63, 3.8) is 0 Å². The predicted molar refractivity (Wildman–Crippen MR) is 139 cm³/mol. The van der Waals surface area contributed by atoms with Gasteiger partial charge in [0.05, 0.1) is 32.0 Å². The summed E-state index contributed by atoms with van der Waals surface area (Å²) >= 11 is 0. The third kappa shape index (κ3) is 7.30. The van der Waals surface area contributed by atoms with Gasteiger partial charge in [0.15, 0.2) is 5.96 Å². The van der Waals surface area contributed by atoms with Crippen LogP contribution in [0.1, 0.15) is 25.0 Å². The van der Waals surface area contributed by atoms with Crippen molar-refractivity contribution in [2.45, 2.75) is 26.9 Å². The lowest BCUT2D eigenvalue weighted by Gasteiger charge is -2.14. The largest absolute Gasteiger partial charge is 0.494 e. The quantitative estimate of drug-likeness (QED) is 0.237. The molecule has 8 heteroatoms. The first-order valence-corrected chi connectivity index (χ1v) is 10.3. The molecule has 0 bridgehead atoms. The van der Waals surface area contributed by atoms with Crippen molar-refractivity contribution in [3.05, 3.63) is 88.3 Å². The van der Waals surface area contributed by atoms with Crippen LogP contribution in [0, 0.1) is 0 Å². The molecule has 0 saturated heterocycles. The molecule has 1 heterocycles. The Morgan fingerprint density at radius 1 is 1.00 bits per heavy atom. The van der Waals surface area contributed by atoms with Gasteiger partial charge in [-0.05, 0) is 43.2 Å². The molecule has 0 spiro atoms. The number of nitrogens with two attached hydrogens (primary N) is 1. The van der Waals surface area contributed by atoms with E-state index < -0.39 is 0 Å². The maximum atomic E-state index is 11.8. The fourth-order valence-electron chi connectivity index (χ4n) is 3.04. The standard InChI is InChI=1S/C24H28N4O3.HI/c1-3-30-20-12-13-22(31-4-2)21(15-20)27-24(25)26-16-18-8-10-19(11-9-18)17-28-14-6-5-7-23(28)29;/h5-15H,3-4,16-17H2,1-2H3,(H3,25,26,27);1H. The molecule has 0 aliphatic heterocycles. The zero-order chi connectivity index (χ0) is 22.1. The maximum Gasteiger partial charge on any atom is 0.250 e. The van der Waals surface area contributed by atoms with Crippen LogP contribution in [-0.2, 0) is 13.1 Å². The van der Waals surface area contributed by atoms with E-state index >= 15 is 0 Å². The number of aliphatic imine (C=N–C) groups is 1. The van der Waals surface area contributed by atoms with Crippen LogP contribution in [0.5, 0.6) is 11.5 Å². The summed E-state index contributed by atoms with van der Waals surface area (Å²) in [4.78, 5) is 16.3. The predicted octanol–water partition coefficient (Wildman–Crippen LogP) is 4.24. The summed E-state index contributed by atoms with van der Waals surface area (Å²) in [7, 11) is 0. The third-order valence-corrected chi connectivity index (χ3v) is 4.53. The zero-order valence-electron chi connectivity index (χ0n) is 18.3. The molecule has 3 N–H and O–H groups in total. The Labute approximate surface area is 205 Å². The van der Waals surface area contributed by atoms with Gasteiger partial charge in [0.1, 0.15) is 11.5 Å². The number of halogens is 1. The highest BCUT2D eigenvalue weighted by Crippen LogP contribution is 2.29. The molecule has 1 aromatic heterocycles. The molecule has 3 rings (SSSR count). The lowest BCUT2D eigenvalue weighted by molar-refractivity contribution is 0.332. The van der Waals surface area contributed by atoms with Gasteiger partial charge in [-0.1, -0.05) is 30.3 Å². The van der Waals surface area contributed by atoms with E-state index in [1.54, 1.807) is 22.9 Å². The fourth-order valence-corrected chi connectivity index (χ4v) is 3.04. The molecule has 7 nitrogen and oxygen atoms in total. The van der Waals surface area contributed by atoms with Gasteiger partial charge >= 0.3 is 0 Å². The van der Waals surface area contributed by atoms with Gasteiger partial charge in [0.25, 0.3) is 5.56 Å². The van der Waals surface area contributed by atoms with E-state index in [1.807, 2.05) is 62.4 Å². The number of rotatable bonds is 9. The first-order chi connectivity index (χ1) is 15.1. The average Bonchev–Trinajstić information content (AvgIpc) is 2.77. The van der Waals surface area contributed by atoms with Crippen molar-refractivity contribution in [1.29, 1.82) is 0 Å². The van der Waals surface area contributed by atoms with Gasteiger partial charge in [0.2, 0.25) is 0 Å². The van der Waals surface area contributed by atoms with Gasteiger partial charge in [0, 0.05) is 18.3 Å². The fraction of sp³-hybridized carbons (Fsp3) is 0.250. The smallest absolute Gasteiger partial charge is 0.250 e. The molecule has 170 valence electrons. The minimum atomic E-state index is -0.0187. The lowest BCUT2D eigenvalue weighted by atomic mass is 10.1. The molecule has 0 aliphatic rings. The van der Waals surface area contributed by atoms with Crippen molar-refractivity contribution >= 4 is 35.6 Å². The topological polar surface area (TPSA) is 90.9 Å². The summed E-state index contributed by atoms with van der Waals surface area (Å²) < 4.78 is 12.9. The van der Waals surface area contributed by atoms with Crippen molar-refractivity contribution in [2.24, 2.45) is 10.7 Å². The molecule has 2 aromatic carbocycles. The Hall–Kier alpha value is -3.01. The Morgan fingerprint density at radius 3 is 2.41 bits per heavy atom. The number of anilines is 1. The molecule has 0 atom stereocenters. The highest BCUT2D eigenvalue weighted by molar-refractivity contribution is 14.0. The summed E-state index contributed by atoms with van der Waals surface area (Å²) in [5.41, 5.74) is 8.84. The van der Waals surface area contributed by atoms with E-state index in [2.05, 4.69) is 10.3 Å². The highest BCUT2D eigenvalue weighted by atomic mass is 127. The Kier molecular flexibility index (Phi) is 10.1. The number of guanidine groups is 1. The molecule has 32 heavy (non-hydrogen) atoms. The highest BCUT2D eigenvalue weighted by Gasteiger charge is 2.07. The summed E-state index contributed by atoms with van der Waals surface area (Å²) in [5, 5.41) is 3.10. The number of ether oxygens (including phenoxy) is 2. The number of hydrogen-bond acceptors (Lipinski definition) is 4. The molecule has 0 radical (unpaired) electrons. The van der Waals surface area contributed by atoms with Gasteiger partial charge in [-0.25, -0.2) is 4.99 Å². The van der Waals surface area contributed by atoms with Crippen molar-refractivity contribution < 1.29 is 9.47 Å². The number of nitrogens with zero attached hydrogens (tertiary/aromatic N) is 2. The van der Waals surface area contributed by atoms with E-state index in [1.165, 1.54) is 0 Å². The van der Waals surface area contributed by atoms with Crippen LogP contribution >= 0.6 is 24.0 Å². The monoisotopic (exact) mass is 548 g/mol. The van der Waals surface area contributed by atoms with Crippen molar-refractivity contribution in [1.82, 2.24) is 4.57 Å². The van der Waals surface area contributed by atoms with E-state index in [9.17, 15) is 4.79 Å². The number of pyridine rings is 1. The number of aromatic nitrogens is 1. The van der Waals surface area contributed by atoms with Gasteiger partial charge < -0.3 is 25.1 Å². The minimum Gasteiger partial charge on any atom is -0.494 e. The second-order valence-corrected chi connectivity index (χ2v) is 6.83. The zero-order valence-corrected chi connectivity index (χ0v) is 20.6. The third-order valence-electron chi connectivity index (χ3n) is 4.53. The van der Waals surface area contributed by atoms with Crippen LogP contribution in [0.4, 0.5) is 5.69 Å². The van der Waals surface area contributed by atoms with Crippen LogP contribution in [0.2, 0.25) is 0 Å². The summed E-state index contributed by atoms with van der Waals surface area (Å²) in [6, 6.07) is 18.7. The SMILES string of the molecule is CCOc1ccc(OCC)c(NC(N)=NCc2ccc(Cn3ccccc3=O)cc2)c1.I. The number of hydrogen-bond donors (Lipinski definition) is 2. The lowest BCUT2D eigenvalue weighted by Crippen LogP contribution is -2.23. The first kappa shape index (κ1) is 25.3. The summed E-state index contributed by atoms with van der Waals surface area (Å²) in [6.07, 6.45) is 1.78. The van der Waals surface area contributed by atoms with Crippen LogP contribution in [0.15, 0.2) is 76.6 Å². The molecule has 0 unspecified atom stereocenters. The molecule has 0 amide bonds. The molecule has 0 aliphatic carbocycles. The molecule has 0 saturated carbocycles. The Morgan fingerprint density at radius 2 is 1.72 bits per heavy atom. The average molecular weight is 548 g/mol. The van der Waals surface area contributed by atoms with E-state index in [4.69, 9.17) is 15.2 Å². The van der Waals surface area contributed by atoms with Crippen LogP contribution < -0.4 is 26.1 Å².